The van der Waals surface area contributed by atoms with E-state index in [9.17, 15) is 0 Å². The first-order valence-electron chi connectivity index (χ1n) is 6.62. The highest BCUT2D eigenvalue weighted by atomic mass is 16.5. The standard InChI is InChI=1S/C15H19N3O/c1-18-8-7-16-14(10-18)15-13-4-3-12(19-2)9-11(13)5-6-17-15/h3-6,9,14,16H,7-8,10H2,1-2H3. The number of hydrogen-bond acceptors (Lipinski definition) is 4. The number of nitrogens with zero attached hydrogens (tertiary/aromatic N) is 2. The maximum absolute atomic E-state index is 5.28. The fraction of sp³-hybridized carbons (Fsp3) is 0.400. The third-order valence-corrected chi connectivity index (χ3v) is 3.71. The van der Waals surface area contributed by atoms with E-state index >= 15 is 0 Å². The zero-order chi connectivity index (χ0) is 13.2. The van der Waals surface area contributed by atoms with Crippen molar-refractivity contribution in [2.45, 2.75) is 6.04 Å². The Labute approximate surface area is 113 Å². The Balaban J connectivity index is 2.03. The molecule has 1 aromatic heterocycles. The van der Waals surface area contributed by atoms with Crippen molar-refractivity contribution in [2.24, 2.45) is 0 Å². The van der Waals surface area contributed by atoms with Crippen LogP contribution in [0.1, 0.15) is 11.7 Å². The number of ether oxygens (including phenoxy) is 1. The molecule has 0 bridgehead atoms. The summed E-state index contributed by atoms with van der Waals surface area (Å²) < 4.78 is 5.28. The van der Waals surface area contributed by atoms with Gasteiger partial charge in [0, 0.05) is 31.2 Å². The molecule has 4 heteroatoms. The first kappa shape index (κ1) is 12.4. The summed E-state index contributed by atoms with van der Waals surface area (Å²) in [5, 5.41) is 5.94. The normalized spacial score (nSPS) is 20.6. The lowest BCUT2D eigenvalue weighted by Crippen LogP contribution is -2.44. The molecule has 0 amide bonds. The van der Waals surface area contributed by atoms with E-state index in [0.717, 1.165) is 31.1 Å². The summed E-state index contributed by atoms with van der Waals surface area (Å²) in [5.41, 5.74) is 1.13. The average Bonchev–Trinajstić information content (AvgIpc) is 2.46. The van der Waals surface area contributed by atoms with Gasteiger partial charge in [0.2, 0.25) is 0 Å². The van der Waals surface area contributed by atoms with Gasteiger partial charge in [-0.25, -0.2) is 0 Å². The van der Waals surface area contributed by atoms with Crippen molar-refractivity contribution < 1.29 is 4.74 Å². The van der Waals surface area contributed by atoms with Gasteiger partial charge in [-0.3, -0.25) is 4.98 Å². The molecular formula is C15H19N3O. The van der Waals surface area contributed by atoms with Gasteiger partial charge in [0.1, 0.15) is 5.75 Å². The summed E-state index contributed by atoms with van der Waals surface area (Å²) in [4.78, 5) is 6.93. The summed E-state index contributed by atoms with van der Waals surface area (Å²) in [5.74, 6) is 0.887. The van der Waals surface area contributed by atoms with Crippen molar-refractivity contribution in [1.29, 1.82) is 0 Å². The van der Waals surface area contributed by atoms with Crippen LogP contribution in [0.5, 0.6) is 5.75 Å². The second-order valence-corrected chi connectivity index (χ2v) is 5.05. The summed E-state index contributed by atoms with van der Waals surface area (Å²) in [6.45, 7) is 3.10. The molecular weight excluding hydrogens is 238 g/mol. The molecule has 0 radical (unpaired) electrons. The van der Waals surface area contributed by atoms with Gasteiger partial charge in [-0.15, -0.1) is 0 Å². The Morgan fingerprint density at radius 2 is 2.26 bits per heavy atom. The van der Waals surface area contributed by atoms with Crippen molar-refractivity contribution in [3.8, 4) is 5.75 Å². The van der Waals surface area contributed by atoms with E-state index in [2.05, 4.69) is 34.4 Å². The summed E-state index contributed by atoms with van der Waals surface area (Å²) in [6, 6.07) is 8.50. The molecule has 1 unspecified atom stereocenters. The number of piperazine rings is 1. The number of likely N-dealkylation sites (N-methyl/N-ethyl adjacent to an activating group) is 1. The van der Waals surface area contributed by atoms with Gasteiger partial charge >= 0.3 is 0 Å². The van der Waals surface area contributed by atoms with E-state index in [-0.39, 0.29) is 0 Å². The van der Waals surface area contributed by atoms with E-state index in [1.54, 1.807) is 7.11 Å². The summed E-state index contributed by atoms with van der Waals surface area (Å²) in [6.07, 6.45) is 1.88. The Morgan fingerprint density at radius 3 is 3.05 bits per heavy atom. The van der Waals surface area contributed by atoms with Crippen molar-refractivity contribution in [3.05, 3.63) is 36.2 Å². The number of nitrogens with one attached hydrogen (secondary N) is 1. The Morgan fingerprint density at radius 1 is 1.37 bits per heavy atom. The van der Waals surface area contributed by atoms with Gasteiger partial charge in [-0.2, -0.15) is 0 Å². The van der Waals surface area contributed by atoms with E-state index in [4.69, 9.17) is 4.74 Å². The molecule has 2 heterocycles. The zero-order valence-corrected chi connectivity index (χ0v) is 11.4. The van der Waals surface area contributed by atoms with Gasteiger partial charge in [0.25, 0.3) is 0 Å². The predicted molar refractivity (Wildman–Crippen MR) is 76.5 cm³/mol. The molecule has 1 atom stereocenters. The molecule has 0 aliphatic carbocycles. The van der Waals surface area contributed by atoms with Gasteiger partial charge in [-0.05, 0) is 36.7 Å². The molecule has 3 rings (SSSR count). The highest BCUT2D eigenvalue weighted by Gasteiger charge is 2.21. The van der Waals surface area contributed by atoms with Crippen molar-refractivity contribution in [1.82, 2.24) is 15.2 Å². The van der Waals surface area contributed by atoms with Crippen LogP contribution in [-0.2, 0) is 0 Å². The van der Waals surface area contributed by atoms with Crippen LogP contribution in [0.15, 0.2) is 30.5 Å². The van der Waals surface area contributed by atoms with Crippen LogP contribution < -0.4 is 10.1 Å². The molecule has 1 saturated heterocycles. The quantitative estimate of drug-likeness (QED) is 0.890. The lowest BCUT2D eigenvalue weighted by molar-refractivity contribution is 0.239. The molecule has 0 spiro atoms. The predicted octanol–water partition coefficient (Wildman–Crippen LogP) is 1.82. The topological polar surface area (TPSA) is 37.4 Å². The maximum atomic E-state index is 5.28. The Hall–Kier alpha value is -1.65. The summed E-state index contributed by atoms with van der Waals surface area (Å²) >= 11 is 0. The minimum atomic E-state index is 0.302. The monoisotopic (exact) mass is 257 g/mol. The number of benzene rings is 1. The highest BCUT2D eigenvalue weighted by Crippen LogP contribution is 2.26. The second kappa shape index (κ2) is 5.15. The van der Waals surface area contributed by atoms with E-state index in [1.165, 1.54) is 10.8 Å². The van der Waals surface area contributed by atoms with Gasteiger partial charge in [0.15, 0.2) is 0 Å². The van der Waals surface area contributed by atoms with Crippen LogP contribution in [0, 0.1) is 0 Å². The number of rotatable bonds is 2. The molecule has 1 N–H and O–H groups in total. The van der Waals surface area contributed by atoms with Crippen molar-refractivity contribution >= 4 is 10.8 Å². The molecule has 19 heavy (non-hydrogen) atoms. The van der Waals surface area contributed by atoms with Crippen molar-refractivity contribution in [3.63, 3.8) is 0 Å². The number of hydrogen-bond donors (Lipinski definition) is 1. The van der Waals surface area contributed by atoms with Gasteiger partial charge in [-0.1, -0.05) is 0 Å². The van der Waals surface area contributed by atoms with Crippen LogP contribution in [0.2, 0.25) is 0 Å². The average molecular weight is 257 g/mol. The third kappa shape index (κ3) is 2.41. The number of pyridine rings is 1. The van der Waals surface area contributed by atoms with Crippen molar-refractivity contribution in [2.75, 3.05) is 33.8 Å². The second-order valence-electron chi connectivity index (χ2n) is 5.05. The first-order valence-corrected chi connectivity index (χ1v) is 6.62. The van der Waals surface area contributed by atoms with Crippen LogP contribution in [0.25, 0.3) is 10.8 Å². The van der Waals surface area contributed by atoms with Gasteiger partial charge < -0.3 is 15.0 Å². The van der Waals surface area contributed by atoms with Crippen LogP contribution in [0.4, 0.5) is 0 Å². The molecule has 0 saturated carbocycles. The van der Waals surface area contributed by atoms with E-state index in [1.807, 2.05) is 18.3 Å². The SMILES string of the molecule is COc1ccc2c(C3CN(C)CCN3)nccc2c1. The number of methoxy groups -OCH3 is 1. The van der Waals surface area contributed by atoms with Crippen LogP contribution >= 0.6 is 0 Å². The molecule has 4 nitrogen and oxygen atoms in total. The summed E-state index contributed by atoms with van der Waals surface area (Å²) in [7, 11) is 3.85. The molecule has 1 fully saturated rings. The molecule has 1 aliphatic heterocycles. The smallest absolute Gasteiger partial charge is 0.119 e. The number of aromatic nitrogens is 1. The fourth-order valence-electron chi connectivity index (χ4n) is 2.66. The molecule has 1 aliphatic rings. The lowest BCUT2D eigenvalue weighted by Gasteiger charge is -2.31. The van der Waals surface area contributed by atoms with Crippen LogP contribution in [0.3, 0.4) is 0 Å². The first-order chi connectivity index (χ1) is 9.28. The van der Waals surface area contributed by atoms with E-state index < -0.39 is 0 Å². The minimum Gasteiger partial charge on any atom is -0.497 e. The minimum absolute atomic E-state index is 0.302. The molecule has 2 aromatic rings. The van der Waals surface area contributed by atoms with Gasteiger partial charge in [0.05, 0.1) is 18.8 Å². The highest BCUT2D eigenvalue weighted by molar-refractivity contribution is 5.86. The largest absolute Gasteiger partial charge is 0.497 e. The Bertz CT molecular complexity index is 585. The lowest BCUT2D eigenvalue weighted by atomic mass is 10.0. The third-order valence-electron chi connectivity index (χ3n) is 3.71. The fourth-order valence-corrected chi connectivity index (χ4v) is 2.66. The zero-order valence-electron chi connectivity index (χ0n) is 11.4. The molecule has 100 valence electrons. The molecule has 1 aromatic carbocycles. The number of fused-ring (bicyclic) bond motifs is 1. The maximum Gasteiger partial charge on any atom is 0.119 e. The Kier molecular flexibility index (Phi) is 3.36. The van der Waals surface area contributed by atoms with E-state index in [0.29, 0.717) is 6.04 Å². The van der Waals surface area contributed by atoms with Crippen LogP contribution in [-0.4, -0.2) is 43.7 Å².